The summed E-state index contributed by atoms with van der Waals surface area (Å²) >= 11 is 0. The number of ether oxygens (including phenoxy) is 1. The molecule has 0 aromatic carbocycles. The quantitative estimate of drug-likeness (QED) is 0.227. The lowest BCUT2D eigenvalue weighted by Gasteiger charge is -2.30. The molecule has 1 aromatic rings. The second-order valence-electron chi connectivity index (χ2n) is 6.82. The highest BCUT2D eigenvalue weighted by Gasteiger charge is 2.24. The molecule has 0 aliphatic carbocycles. The van der Waals surface area contributed by atoms with Crippen molar-refractivity contribution >= 4 is 35.8 Å². The van der Waals surface area contributed by atoms with Crippen LogP contribution in [0.3, 0.4) is 0 Å². The standard InChI is InChI=1S/C18H33N5O.HI/c1-18(2,3)15(24-5)14-23-17(19-4)22-13-9-8-12-21-16-10-6-7-11-20-16;/h6-7,10-11,15H,8-9,12-14H2,1-5H3,(H,20,21)(H2,19,22,23);1H. The van der Waals surface area contributed by atoms with Crippen LogP contribution in [0.15, 0.2) is 29.4 Å². The van der Waals surface area contributed by atoms with Crippen LogP contribution in [0.25, 0.3) is 0 Å². The van der Waals surface area contributed by atoms with E-state index in [2.05, 4.69) is 46.7 Å². The van der Waals surface area contributed by atoms with Crippen LogP contribution in [0.5, 0.6) is 0 Å². The van der Waals surface area contributed by atoms with Gasteiger partial charge < -0.3 is 20.7 Å². The minimum Gasteiger partial charge on any atom is -0.379 e. The van der Waals surface area contributed by atoms with Crippen molar-refractivity contribution in [3.63, 3.8) is 0 Å². The highest BCUT2D eigenvalue weighted by molar-refractivity contribution is 14.0. The van der Waals surface area contributed by atoms with Gasteiger partial charge in [-0.3, -0.25) is 4.99 Å². The second-order valence-corrected chi connectivity index (χ2v) is 6.82. The Morgan fingerprint density at radius 2 is 1.92 bits per heavy atom. The number of guanidine groups is 1. The van der Waals surface area contributed by atoms with E-state index in [1.54, 1.807) is 20.4 Å². The lowest BCUT2D eigenvalue weighted by molar-refractivity contribution is 0.0205. The molecule has 1 atom stereocenters. The van der Waals surface area contributed by atoms with E-state index in [0.717, 1.165) is 44.3 Å². The number of hydrogen-bond donors (Lipinski definition) is 3. The minimum atomic E-state index is 0. The van der Waals surface area contributed by atoms with Gasteiger partial charge in [-0.2, -0.15) is 0 Å². The van der Waals surface area contributed by atoms with E-state index in [1.165, 1.54) is 0 Å². The Balaban J connectivity index is 0.00000576. The molecular formula is C18H34IN5O. The highest BCUT2D eigenvalue weighted by Crippen LogP contribution is 2.20. The van der Waals surface area contributed by atoms with Gasteiger partial charge >= 0.3 is 0 Å². The molecule has 0 aliphatic heterocycles. The Morgan fingerprint density at radius 3 is 2.48 bits per heavy atom. The normalized spacial score (nSPS) is 12.9. The zero-order valence-electron chi connectivity index (χ0n) is 16.1. The summed E-state index contributed by atoms with van der Waals surface area (Å²) < 4.78 is 5.55. The zero-order valence-corrected chi connectivity index (χ0v) is 18.5. The SMILES string of the molecule is CN=C(NCCCCNc1ccccn1)NCC(OC)C(C)(C)C.I. The Kier molecular flexibility index (Phi) is 12.6. The van der Waals surface area contributed by atoms with Crippen LogP contribution in [-0.4, -0.2) is 50.8 Å². The van der Waals surface area contributed by atoms with E-state index in [1.807, 2.05) is 18.2 Å². The van der Waals surface area contributed by atoms with Crippen LogP contribution in [-0.2, 0) is 4.74 Å². The number of methoxy groups -OCH3 is 1. The first-order valence-electron chi connectivity index (χ1n) is 8.59. The number of nitrogens with zero attached hydrogens (tertiary/aromatic N) is 2. The van der Waals surface area contributed by atoms with Crippen molar-refractivity contribution in [3.05, 3.63) is 24.4 Å². The molecule has 1 aromatic heterocycles. The number of pyridine rings is 1. The fourth-order valence-electron chi connectivity index (χ4n) is 2.29. The Hall–Kier alpha value is -1.09. The van der Waals surface area contributed by atoms with Crippen molar-refractivity contribution < 1.29 is 4.74 Å². The Labute approximate surface area is 169 Å². The summed E-state index contributed by atoms with van der Waals surface area (Å²) in [5.74, 6) is 1.75. The van der Waals surface area contributed by atoms with Gasteiger partial charge in [0.2, 0.25) is 0 Å². The van der Waals surface area contributed by atoms with E-state index < -0.39 is 0 Å². The van der Waals surface area contributed by atoms with Crippen LogP contribution >= 0.6 is 24.0 Å². The molecule has 0 bridgehead atoms. The molecule has 25 heavy (non-hydrogen) atoms. The Bertz CT molecular complexity index is 476. The van der Waals surface area contributed by atoms with Gasteiger partial charge in [0.1, 0.15) is 5.82 Å². The summed E-state index contributed by atoms with van der Waals surface area (Å²) in [6, 6.07) is 5.88. The highest BCUT2D eigenvalue weighted by atomic mass is 127. The van der Waals surface area contributed by atoms with Crippen molar-refractivity contribution in [2.45, 2.75) is 39.7 Å². The molecule has 0 aliphatic rings. The molecule has 7 heteroatoms. The molecule has 0 saturated carbocycles. The largest absolute Gasteiger partial charge is 0.379 e. The third-order valence-corrected chi connectivity index (χ3v) is 3.80. The van der Waals surface area contributed by atoms with Crippen molar-refractivity contribution in [2.75, 3.05) is 39.1 Å². The maximum absolute atomic E-state index is 5.55. The molecule has 0 fully saturated rings. The van der Waals surface area contributed by atoms with Gasteiger partial charge in [0.25, 0.3) is 0 Å². The predicted octanol–water partition coefficient (Wildman–Crippen LogP) is 3.12. The summed E-state index contributed by atoms with van der Waals surface area (Å²) in [4.78, 5) is 8.49. The van der Waals surface area contributed by atoms with Crippen molar-refractivity contribution in [2.24, 2.45) is 10.4 Å². The second kappa shape index (κ2) is 13.2. The molecule has 0 saturated heterocycles. The summed E-state index contributed by atoms with van der Waals surface area (Å²) in [6.45, 7) is 9.06. The minimum absolute atomic E-state index is 0. The first-order chi connectivity index (χ1) is 11.5. The van der Waals surface area contributed by atoms with Crippen LogP contribution in [0.2, 0.25) is 0 Å². The molecule has 0 spiro atoms. The van der Waals surface area contributed by atoms with Gasteiger partial charge in [-0.05, 0) is 30.4 Å². The monoisotopic (exact) mass is 463 g/mol. The first-order valence-corrected chi connectivity index (χ1v) is 8.59. The van der Waals surface area contributed by atoms with E-state index in [0.29, 0.717) is 0 Å². The van der Waals surface area contributed by atoms with E-state index >= 15 is 0 Å². The topological polar surface area (TPSA) is 70.6 Å². The first kappa shape index (κ1) is 23.9. The molecule has 1 unspecified atom stereocenters. The number of nitrogens with one attached hydrogen (secondary N) is 3. The third kappa shape index (κ3) is 10.5. The van der Waals surface area contributed by atoms with E-state index in [-0.39, 0.29) is 35.5 Å². The van der Waals surface area contributed by atoms with Gasteiger partial charge in [-0.25, -0.2) is 4.98 Å². The third-order valence-electron chi connectivity index (χ3n) is 3.80. The van der Waals surface area contributed by atoms with E-state index in [9.17, 15) is 0 Å². The Morgan fingerprint density at radius 1 is 1.20 bits per heavy atom. The smallest absolute Gasteiger partial charge is 0.191 e. The summed E-state index contributed by atoms with van der Waals surface area (Å²) in [5.41, 5.74) is 0.0950. The van der Waals surface area contributed by atoms with Crippen molar-refractivity contribution in [1.29, 1.82) is 0 Å². The molecular weight excluding hydrogens is 429 g/mol. The summed E-state index contributed by atoms with van der Waals surface area (Å²) in [6.07, 6.45) is 4.07. The summed E-state index contributed by atoms with van der Waals surface area (Å²) in [7, 11) is 3.54. The van der Waals surface area contributed by atoms with Gasteiger partial charge in [0.05, 0.1) is 6.10 Å². The predicted molar refractivity (Wildman–Crippen MR) is 117 cm³/mol. The fraction of sp³-hybridized carbons (Fsp3) is 0.667. The summed E-state index contributed by atoms with van der Waals surface area (Å²) in [5, 5.41) is 9.98. The zero-order chi connectivity index (χ0) is 17.8. The van der Waals surface area contributed by atoms with Crippen LogP contribution in [0.1, 0.15) is 33.6 Å². The number of hydrogen-bond acceptors (Lipinski definition) is 4. The number of anilines is 1. The molecule has 0 radical (unpaired) electrons. The van der Waals surface area contributed by atoms with Crippen LogP contribution in [0.4, 0.5) is 5.82 Å². The van der Waals surface area contributed by atoms with Crippen molar-refractivity contribution in [1.82, 2.24) is 15.6 Å². The van der Waals surface area contributed by atoms with Gasteiger partial charge in [0.15, 0.2) is 5.96 Å². The average molecular weight is 463 g/mol. The fourth-order valence-corrected chi connectivity index (χ4v) is 2.29. The molecule has 144 valence electrons. The number of aliphatic imine (C=N–C) groups is 1. The number of halogens is 1. The average Bonchev–Trinajstić information content (AvgIpc) is 2.56. The lowest BCUT2D eigenvalue weighted by atomic mass is 9.89. The number of rotatable bonds is 9. The molecule has 1 heterocycles. The molecule has 3 N–H and O–H groups in total. The number of aromatic nitrogens is 1. The lowest BCUT2D eigenvalue weighted by Crippen LogP contribution is -2.45. The van der Waals surface area contributed by atoms with Crippen molar-refractivity contribution in [3.8, 4) is 0 Å². The molecule has 6 nitrogen and oxygen atoms in total. The molecule has 1 rings (SSSR count). The maximum Gasteiger partial charge on any atom is 0.191 e. The van der Waals surface area contributed by atoms with Gasteiger partial charge in [-0.15, -0.1) is 24.0 Å². The van der Waals surface area contributed by atoms with Crippen LogP contribution < -0.4 is 16.0 Å². The van der Waals surface area contributed by atoms with Gasteiger partial charge in [0, 0.05) is 40.0 Å². The number of unbranched alkanes of at least 4 members (excludes halogenated alkanes) is 1. The van der Waals surface area contributed by atoms with Gasteiger partial charge in [-0.1, -0.05) is 26.8 Å². The van der Waals surface area contributed by atoms with Crippen LogP contribution in [0, 0.1) is 5.41 Å². The molecule has 0 amide bonds. The maximum atomic E-state index is 5.55. The van der Waals surface area contributed by atoms with E-state index in [4.69, 9.17) is 4.74 Å².